The second-order valence-corrected chi connectivity index (χ2v) is 6.65. The number of nitrogens with zero attached hydrogens (tertiary/aromatic N) is 1. The Morgan fingerprint density at radius 2 is 1.81 bits per heavy atom. The number of methoxy groups -OCH3 is 1. The van der Waals surface area contributed by atoms with E-state index in [0.29, 0.717) is 38.1 Å². The summed E-state index contributed by atoms with van der Waals surface area (Å²) in [6, 6.07) is 13.9. The number of hydrogen-bond donors (Lipinski definition) is 0. The van der Waals surface area contributed by atoms with Crippen molar-refractivity contribution in [3.05, 3.63) is 42.5 Å². The summed E-state index contributed by atoms with van der Waals surface area (Å²) < 4.78 is 10.8. The van der Waals surface area contributed by atoms with Crippen LogP contribution < -0.4 is 4.74 Å². The summed E-state index contributed by atoms with van der Waals surface area (Å²) in [5, 5.41) is 2.23. The van der Waals surface area contributed by atoms with Gasteiger partial charge >= 0.3 is 5.97 Å². The second kappa shape index (κ2) is 8.21. The van der Waals surface area contributed by atoms with Gasteiger partial charge in [0.2, 0.25) is 0 Å². The standard InChI is InChI=1S/C21H25NO4/c1-3-19(20(23)22-12-10-16(11-13-22)21(24)25-2)26-18-9-8-15-6-4-5-7-17(15)14-18/h4-9,14,16,19H,3,10-13H2,1-2H3/t19-/m1/s1. The van der Waals surface area contributed by atoms with E-state index in [4.69, 9.17) is 9.47 Å². The number of fused-ring (bicyclic) bond motifs is 1. The minimum absolute atomic E-state index is 0.0102. The number of benzene rings is 2. The third-order valence-corrected chi connectivity index (χ3v) is 4.99. The van der Waals surface area contributed by atoms with Gasteiger partial charge in [0.1, 0.15) is 5.75 Å². The number of carbonyl (C=O) groups is 2. The lowest BCUT2D eigenvalue weighted by Crippen LogP contribution is -2.46. The van der Waals surface area contributed by atoms with Gasteiger partial charge in [-0.05, 0) is 42.2 Å². The lowest BCUT2D eigenvalue weighted by atomic mass is 9.96. The fourth-order valence-electron chi connectivity index (χ4n) is 3.42. The molecule has 0 spiro atoms. The average Bonchev–Trinajstić information content (AvgIpc) is 2.71. The van der Waals surface area contributed by atoms with Crippen molar-refractivity contribution < 1.29 is 19.1 Å². The van der Waals surface area contributed by atoms with Crippen LogP contribution in [0.15, 0.2) is 42.5 Å². The van der Waals surface area contributed by atoms with Crippen molar-refractivity contribution >= 4 is 22.6 Å². The molecule has 26 heavy (non-hydrogen) atoms. The summed E-state index contributed by atoms with van der Waals surface area (Å²) in [5.41, 5.74) is 0. The maximum Gasteiger partial charge on any atom is 0.308 e. The van der Waals surface area contributed by atoms with Crippen molar-refractivity contribution in [2.75, 3.05) is 20.2 Å². The van der Waals surface area contributed by atoms with E-state index in [0.717, 1.165) is 10.8 Å². The maximum atomic E-state index is 12.8. The van der Waals surface area contributed by atoms with Gasteiger partial charge < -0.3 is 14.4 Å². The molecule has 0 saturated carbocycles. The Morgan fingerprint density at radius 1 is 1.12 bits per heavy atom. The zero-order chi connectivity index (χ0) is 18.5. The Morgan fingerprint density at radius 3 is 2.46 bits per heavy atom. The van der Waals surface area contributed by atoms with Crippen molar-refractivity contribution in [1.29, 1.82) is 0 Å². The number of ether oxygens (including phenoxy) is 2. The van der Waals surface area contributed by atoms with Gasteiger partial charge in [-0.15, -0.1) is 0 Å². The summed E-state index contributed by atoms with van der Waals surface area (Å²) in [6.07, 6.45) is 1.38. The number of esters is 1. The molecule has 1 aliphatic heterocycles. The molecule has 1 amide bonds. The van der Waals surface area contributed by atoms with Crippen LogP contribution in [0.1, 0.15) is 26.2 Å². The number of carbonyl (C=O) groups excluding carboxylic acids is 2. The van der Waals surface area contributed by atoms with Crippen LogP contribution >= 0.6 is 0 Å². The van der Waals surface area contributed by atoms with Gasteiger partial charge in [0, 0.05) is 13.1 Å². The number of hydrogen-bond acceptors (Lipinski definition) is 4. The van der Waals surface area contributed by atoms with Crippen molar-refractivity contribution in [2.45, 2.75) is 32.3 Å². The first-order chi connectivity index (χ1) is 12.6. The zero-order valence-corrected chi connectivity index (χ0v) is 15.3. The molecule has 0 radical (unpaired) electrons. The number of amides is 1. The van der Waals surface area contributed by atoms with Gasteiger partial charge in [0.15, 0.2) is 6.10 Å². The van der Waals surface area contributed by atoms with Gasteiger partial charge in [-0.1, -0.05) is 37.3 Å². The Balaban J connectivity index is 1.64. The Hall–Kier alpha value is -2.56. The first-order valence-corrected chi connectivity index (χ1v) is 9.14. The van der Waals surface area contributed by atoms with E-state index in [1.54, 1.807) is 4.90 Å². The predicted molar refractivity (Wildman–Crippen MR) is 100.0 cm³/mol. The van der Waals surface area contributed by atoms with Crippen molar-refractivity contribution in [1.82, 2.24) is 4.90 Å². The van der Waals surface area contributed by atoms with E-state index in [1.165, 1.54) is 7.11 Å². The molecule has 0 aliphatic carbocycles. The molecular weight excluding hydrogens is 330 g/mol. The lowest BCUT2D eigenvalue weighted by molar-refractivity contribution is -0.150. The average molecular weight is 355 g/mol. The normalized spacial score (nSPS) is 16.3. The third kappa shape index (κ3) is 3.98. The summed E-state index contributed by atoms with van der Waals surface area (Å²) in [7, 11) is 1.41. The van der Waals surface area contributed by atoms with Gasteiger partial charge in [-0.2, -0.15) is 0 Å². The summed E-state index contributed by atoms with van der Waals surface area (Å²) in [4.78, 5) is 26.3. The van der Waals surface area contributed by atoms with E-state index in [1.807, 2.05) is 49.4 Å². The SMILES string of the molecule is CC[C@@H](Oc1ccc2ccccc2c1)C(=O)N1CCC(C(=O)OC)CC1. The molecule has 138 valence electrons. The van der Waals surface area contributed by atoms with E-state index in [9.17, 15) is 9.59 Å². The first-order valence-electron chi connectivity index (χ1n) is 9.14. The summed E-state index contributed by atoms with van der Waals surface area (Å²) >= 11 is 0. The van der Waals surface area contributed by atoms with Gasteiger partial charge in [-0.25, -0.2) is 0 Å². The quantitative estimate of drug-likeness (QED) is 0.771. The number of piperidine rings is 1. The number of likely N-dealkylation sites (tertiary alicyclic amines) is 1. The highest BCUT2D eigenvalue weighted by Gasteiger charge is 2.31. The van der Waals surface area contributed by atoms with Crippen LogP contribution in [-0.4, -0.2) is 43.1 Å². The van der Waals surface area contributed by atoms with Crippen molar-refractivity contribution in [2.24, 2.45) is 5.92 Å². The molecule has 0 aromatic heterocycles. The fourth-order valence-corrected chi connectivity index (χ4v) is 3.42. The Labute approximate surface area is 153 Å². The molecule has 1 heterocycles. The maximum absolute atomic E-state index is 12.8. The Kier molecular flexibility index (Phi) is 5.76. The fraction of sp³-hybridized carbons (Fsp3) is 0.429. The molecule has 0 unspecified atom stereocenters. The third-order valence-electron chi connectivity index (χ3n) is 4.99. The topological polar surface area (TPSA) is 55.8 Å². The molecule has 2 aromatic rings. The summed E-state index contributed by atoms with van der Waals surface area (Å²) in [6.45, 7) is 3.08. The van der Waals surface area contributed by atoms with Gasteiger partial charge in [-0.3, -0.25) is 9.59 Å². The van der Waals surface area contributed by atoms with E-state index < -0.39 is 6.10 Å². The lowest BCUT2D eigenvalue weighted by Gasteiger charge is -2.33. The second-order valence-electron chi connectivity index (χ2n) is 6.65. The minimum Gasteiger partial charge on any atom is -0.481 e. The van der Waals surface area contributed by atoms with Crippen molar-refractivity contribution in [3.63, 3.8) is 0 Å². The van der Waals surface area contributed by atoms with Crippen LogP contribution in [0.3, 0.4) is 0 Å². The first kappa shape index (κ1) is 18.2. The molecular formula is C21H25NO4. The highest BCUT2D eigenvalue weighted by Crippen LogP contribution is 2.24. The van der Waals surface area contributed by atoms with Crippen LogP contribution in [0.5, 0.6) is 5.75 Å². The van der Waals surface area contributed by atoms with Crippen LogP contribution in [0, 0.1) is 5.92 Å². The number of rotatable bonds is 5. The molecule has 2 aromatic carbocycles. The molecule has 1 saturated heterocycles. The smallest absolute Gasteiger partial charge is 0.308 e. The molecule has 1 aliphatic rings. The van der Waals surface area contributed by atoms with Crippen molar-refractivity contribution in [3.8, 4) is 5.75 Å². The predicted octanol–water partition coefficient (Wildman–Crippen LogP) is 3.41. The molecule has 0 bridgehead atoms. The van der Waals surface area contributed by atoms with Gasteiger partial charge in [0.05, 0.1) is 13.0 Å². The highest BCUT2D eigenvalue weighted by atomic mass is 16.5. The molecule has 1 atom stereocenters. The van der Waals surface area contributed by atoms with Gasteiger partial charge in [0.25, 0.3) is 5.91 Å². The van der Waals surface area contributed by atoms with Crippen LogP contribution in [0.4, 0.5) is 0 Å². The monoisotopic (exact) mass is 355 g/mol. The highest BCUT2D eigenvalue weighted by molar-refractivity contribution is 5.84. The largest absolute Gasteiger partial charge is 0.481 e. The minimum atomic E-state index is -0.508. The van der Waals surface area contributed by atoms with Crippen LogP contribution in [0.25, 0.3) is 10.8 Å². The molecule has 1 fully saturated rings. The zero-order valence-electron chi connectivity index (χ0n) is 15.3. The molecule has 5 nitrogen and oxygen atoms in total. The molecule has 5 heteroatoms. The van der Waals surface area contributed by atoms with E-state index in [2.05, 4.69) is 0 Å². The summed E-state index contributed by atoms with van der Waals surface area (Å²) in [5.74, 6) is 0.402. The molecule has 3 rings (SSSR count). The van der Waals surface area contributed by atoms with Crippen LogP contribution in [-0.2, 0) is 14.3 Å². The van der Waals surface area contributed by atoms with E-state index >= 15 is 0 Å². The van der Waals surface area contributed by atoms with E-state index in [-0.39, 0.29) is 17.8 Å². The Bertz CT molecular complexity index is 780. The van der Waals surface area contributed by atoms with Crippen LogP contribution in [0.2, 0.25) is 0 Å². The molecule has 0 N–H and O–H groups in total.